The maximum atomic E-state index is 12.3. The van der Waals surface area contributed by atoms with E-state index in [1.807, 2.05) is 54.9 Å². The lowest BCUT2D eigenvalue weighted by Gasteiger charge is -2.14. The van der Waals surface area contributed by atoms with Crippen LogP contribution in [0.25, 0.3) is 9.88 Å². The second-order valence-electron chi connectivity index (χ2n) is 6.24. The molecule has 0 bridgehead atoms. The van der Waals surface area contributed by atoms with E-state index in [0.29, 0.717) is 11.4 Å². The highest BCUT2D eigenvalue weighted by Crippen LogP contribution is 2.28. The summed E-state index contributed by atoms with van der Waals surface area (Å²) in [4.78, 5) is 30.0. The number of benzene rings is 1. The number of hydrogen-bond acceptors (Lipinski definition) is 6. The van der Waals surface area contributed by atoms with Gasteiger partial charge in [-0.15, -0.1) is 22.7 Å². The van der Waals surface area contributed by atoms with Crippen LogP contribution in [0.3, 0.4) is 0 Å². The van der Waals surface area contributed by atoms with E-state index in [1.165, 1.54) is 11.3 Å². The number of thiophene rings is 1. The molecule has 5 nitrogen and oxygen atoms in total. The summed E-state index contributed by atoms with van der Waals surface area (Å²) in [6, 6.07) is 9.71. The number of nitrogens with zero attached hydrogens (tertiary/aromatic N) is 1. The second-order valence-corrected chi connectivity index (χ2v) is 8.04. The number of aromatic nitrogens is 1. The van der Waals surface area contributed by atoms with E-state index in [0.717, 1.165) is 21.0 Å². The van der Waals surface area contributed by atoms with Crippen molar-refractivity contribution in [2.24, 2.45) is 0 Å². The van der Waals surface area contributed by atoms with Gasteiger partial charge < -0.3 is 10.1 Å². The Balaban J connectivity index is 1.54. The number of rotatable bonds is 6. The molecule has 2 heterocycles. The molecule has 0 unspecified atom stereocenters. The van der Waals surface area contributed by atoms with Crippen molar-refractivity contribution < 1.29 is 14.3 Å². The number of thiazole rings is 1. The summed E-state index contributed by atoms with van der Waals surface area (Å²) in [5, 5.41) is 7.51. The molecule has 0 saturated carbocycles. The van der Waals surface area contributed by atoms with E-state index in [9.17, 15) is 9.59 Å². The number of amides is 1. The Bertz CT molecular complexity index is 948. The third kappa shape index (κ3) is 5.02. The van der Waals surface area contributed by atoms with Gasteiger partial charge in [-0.3, -0.25) is 9.59 Å². The normalized spacial score (nSPS) is 11.8. The largest absolute Gasteiger partial charge is 0.452 e. The average Bonchev–Trinajstić information content (AvgIpc) is 3.28. The Morgan fingerprint density at radius 3 is 2.74 bits per heavy atom. The van der Waals surface area contributed by atoms with Crippen LogP contribution in [-0.4, -0.2) is 23.0 Å². The Morgan fingerprint density at radius 1 is 1.22 bits per heavy atom. The minimum atomic E-state index is -0.881. The Labute approximate surface area is 166 Å². The molecule has 3 rings (SSSR count). The van der Waals surface area contributed by atoms with Gasteiger partial charge in [0.2, 0.25) is 0 Å². The predicted octanol–water partition coefficient (Wildman–Crippen LogP) is 4.60. The van der Waals surface area contributed by atoms with Gasteiger partial charge >= 0.3 is 5.97 Å². The highest BCUT2D eigenvalue weighted by atomic mass is 32.1. The number of carbonyl (C=O) groups excluding carboxylic acids is 2. The SMILES string of the molecule is Cc1ccc(NC(=O)[C@@H](C)OC(=O)Cc2csc(-c3cccs3)n2)c(C)c1. The smallest absolute Gasteiger partial charge is 0.312 e. The summed E-state index contributed by atoms with van der Waals surface area (Å²) in [5.74, 6) is -0.825. The molecule has 0 aliphatic rings. The van der Waals surface area contributed by atoms with Gasteiger partial charge in [-0.2, -0.15) is 0 Å². The molecule has 1 N–H and O–H groups in total. The standard InChI is InChI=1S/C20H20N2O3S2/c1-12-6-7-16(13(2)9-12)22-19(24)14(3)25-18(23)10-15-11-27-20(21-15)17-5-4-8-26-17/h4-9,11,14H,10H2,1-3H3,(H,22,24)/t14-/m1/s1. The van der Waals surface area contributed by atoms with Crippen molar-refractivity contribution in [3.63, 3.8) is 0 Å². The number of hydrogen-bond donors (Lipinski definition) is 1. The van der Waals surface area contributed by atoms with E-state index < -0.39 is 12.1 Å². The van der Waals surface area contributed by atoms with Crippen molar-refractivity contribution in [2.75, 3.05) is 5.32 Å². The van der Waals surface area contributed by atoms with Crippen LogP contribution in [0.2, 0.25) is 0 Å². The quantitative estimate of drug-likeness (QED) is 0.614. The number of ether oxygens (including phenoxy) is 1. The summed E-state index contributed by atoms with van der Waals surface area (Å²) in [6.07, 6.45) is -0.836. The van der Waals surface area contributed by atoms with Gasteiger partial charge in [0.1, 0.15) is 5.01 Å². The molecule has 27 heavy (non-hydrogen) atoms. The van der Waals surface area contributed by atoms with Crippen molar-refractivity contribution in [3.05, 3.63) is 57.9 Å². The molecular weight excluding hydrogens is 380 g/mol. The van der Waals surface area contributed by atoms with Crippen LogP contribution >= 0.6 is 22.7 Å². The number of esters is 1. The van der Waals surface area contributed by atoms with E-state index >= 15 is 0 Å². The first-order valence-electron chi connectivity index (χ1n) is 8.48. The summed E-state index contributed by atoms with van der Waals surface area (Å²) in [5.41, 5.74) is 3.45. The topological polar surface area (TPSA) is 68.3 Å². The third-order valence-electron chi connectivity index (χ3n) is 3.93. The zero-order valence-electron chi connectivity index (χ0n) is 15.3. The fourth-order valence-electron chi connectivity index (χ4n) is 2.53. The Morgan fingerprint density at radius 2 is 2.04 bits per heavy atom. The summed E-state index contributed by atoms with van der Waals surface area (Å²) in [7, 11) is 0. The zero-order valence-corrected chi connectivity index (χ0v) is 16.9. The number of aryl methyl sites for hydroxylation is 2. The summed E-state index contributed by atoms with van der Waals surface area (Å²) >= 11 is 3.10. The van der Waals surface area contributed by atoms with Crippen molar-refractivity contribution in [1.29, 1.82) is 0 Å². The predicted molar refractivity (Wildman–Crippen MR) is 109 cm³/mol. The van der Waals surface area contributed by atoms with Crippen molar-refractivity contribution in [1.82, 2.24) is 4.98 Å². The molecule has 0 fully saturated rings. The first-order chi connectivity index (χ1) is 12.9. The molecule has 1 aromatic carbocycles. The second kappa shape index (κ2) is 8.45. The van der Waals surface area contributed by atoms with Crippen molar-refractivity contribution in [2.45, 2.75) is 33.3 Å². The molecule has 0 aliphatic heterocycles. The lowest BCUT2D eigenvalue weighted by atomic mass is 10.1. The van der Waals surface area contributed by atoms with Gasteiger partial charge in [-0.25, -0.2) is 4.98 Å². The lowest BCUT2D eigenvalue weighted by molar-refractivity contribution is -0.152. The molecule has 2 aromatic heterocycles. The first kappa shape index (κ1) is 19.3. The molecule has 1 amide bonds. The molecule has 1 atom stereocenters. The maximum absolute atomic E-state index is 12.3. The Kier molecular flexibility index (Phi) is 6.03. The van der Waals surface area contributed by atoms with Crippen LogP contribution in [0.1, 0.15) is 23.7 Å². The van der Waals surface area contributed by atoms with Gasteiger partial charge in [-0.1, -0.05) is 23.8 Å². The summed E-state index contributed by atoms with van der Waals surface area (Å²) in [6.45, 7) is 5.48. The van der Waals surface area contributed by atoms with E-state index in [-0.39, 0.29) is 12.3 Å². The minimum Gasteiger partial charge on any atom is -0.452 e. The fourth-order valence-corrected chi connectivity index (χ4v) is 4.16. The Hall–Kier alpha value is -2.51. The molecule has 0 spiro atoms. The maximum Gasteiger partial charge on any atom is 0.312 e. The van der Waals surface area contributed by atoms with Crippen LogP contribution in [-0.2, 0) is 20.7 Å². The first-order valence-corrected chi connectivity index (χ1v) is 10.2. The van der Waals surface area contributed by atoms with Gasteiger partial charge in [0, 0.05) is 11.1 Å². The highest BCUT2D eigenvalue weighted by molar-refractivity contribution is 7.20. The fraction of sp³-hybridized carbons (Fsp3) is 0.250. The van der Waals surface area contributed by atoms with Gasteiger partial charge in [0.05, 0.1) is 17.0 Å². The van der Waals surface area contributed by atoms with Gasteiger partial charge in [0.25, 0.3) is 5.91 Å². The van der Waals surface area contributed by atoms with Crippen LogP contribution in [0.4, 0.5) is 5.69 Å². The summed E-state index contributed by atoms with van der Waals surface area (Å²) < 4.78 is 5.27. The van der Waals surface area contributed by atoms with Crippen LogP contribution in [0, 0.1) is 13.8 Å². The van der Waals surface area contributed by atoms with Gasteiger partial charge in [-0.05, 0) is 43.8 Å². The molecule has 0 aliphatic carbocycles. The van der Waals surface area contributed by atoms with Crippen molar-refractivity contribution in [3.8, 4) is 9.88 Å². The number of anilines is 1. The molecule has 3 aromatic rings. The lowest BCUT2D eigenvalue weighted by Crippen LogP contribution is -2.30. The molecule has 7 heteroatoms. The molecular formula is C20H20N2O3S2. The molecule has 0 radical (unpaired) electrons. The van der Waals surface area contributed by atoms with E-state index in [4.69, 9.17) is 4.74 Å². The zero-order chi connectivity index (χ0) is 19.4. The average molecular weight is 401 g/mol. The molecule has 140 valence electrons. The van der Waals surface area contributed by atoms with Gasteiger partial charge in [0.15, 0.2) is 6.10 Å². The minimum absolute atomic E-state index is 0.0447. The molecule has 0 saturated heterocycles. The van der Waals surface area contributed by atoms with Crippen LogP contribution < -0.4 is 5.32 Å². The van der Waals surface area contributed by atoms with Crippen molar-refractivity contribution >= 4 is 40.2 Å². The number of carbonyl (C=O) groups is 2. The third-order valence-corrected chi connectivity index (χ3v) is 5.86. The van der Waals surface area contributed by atoms with Crippen LogP contribution in [0.15, 0.2) is 41.1 Å². The van der Waals surface area contributed by atoms with Crippen LogP contribution in [0.5, 0.6) is 0 Å². The van der Waals surface area contributed by atoms with E-state index in [1.54, 1.807) is 18.3 Å². The van der Waals surface area contributed by atoms with E-state index in [2.05, 4.69) is 10.3 Å². The highest BCUT2D eigenvalue weighted by Gasteiger charge is 2.19. The monoisotopic (exact) mass is 400 g/mol. The number of nitrogens with one attached hydrogen (secondary N) is 1.